The van der Waals surface area contributed by atoms with E-state index in [0.29, 0.717) is 12.2 Å². The van der Waals surface area contributed by atoms with Crippen LogP contribution in [-0.4, -0.2) is 91.4 Å². The number of likely N-dealkylation sites (tertiary alicyclic amines) is 1. The molecule has 0 aromatic carbocycles. The van der Waals surface area contributed by atoms with Gasteiger partial charge in [0.15, 0.2) is 0 Å². The van der Waals surface area contributed by atoms with Crippen LogP contribution >= 0.6 is 0 Å². The lowest BCUT2D eigenvalue weighted by Gasteiger charge is -2.38. The summed E-state index contributed by atoms with van der Waals surface area (Å²) in [7, 11) is 1.82. The largest absolute Gasteiger partial charge is 0.490 e. The van der Waals surface area contributed by atoms with Crippen molar-refractivity contribution in [2.75, 3.05) is 19.7 Å². The van der Waals surface area contributed by atoms with Gasteiger partial charge in [-0.3, -0.25) is 19.4 Å². The van der Waals surface area contributed by atoms with E-state index in [4.69, 9.17) is 24.5 Å². The summed E-state index contributed by atoms with van der Waals surface area (Å²) in [6.45, 7) is 3.50. The normalized spacial score (nSPS) is 21.0. The summed E-state index contributed by atoms with van der Waals surface area (Å²) in [4.78, 5) is 36.8. The number of aromatic nitrogens is 3. The van der Waals surface area contributed by atoms with E-state index in [0.717, 1.165) is 38.9 Å². The highest BCUT2D eigenvalue weighted by atomic mass is 19.4. The van der Waals surface area contributed by atoms with Crippen molar-refractivity contribution in [1.29, 1.82) is 0 Å². The number of amides is 1. The van der Waals surface area contributed by atoms with E-state index in [1.807, 2.05) is 19.3 Å². The van der Waals surface area contributed by atoms with E-state index in [9.17, 15) is 31.1 Å². The van der Waals surface area contributed by atoms with Gasteiger partial charge in [-0.25, -0.2) is 9.59 Å². The molecule has 17 heteroatoms. The molecule has 0 radical (unpaired) electrons. The molecule has 4 heterocycles. The molecule has 2 aromatic heterocycles. The zero-order chi connectivity index (χ0) is 30.1. The van der Waals surface area contributed by atoms with Crippen molar-refractivity contribution in [2.24, 2.45) is 7.05 Å². The van der Waals surface area contributed by atoms with Crippen molar-refractivity contribution in [3.05, 3.63) is 48.0 Å². The minimum Gasteiger partial charge on any atom is -0.475 e. The zero-order valence-electron chi connectivity index (χ0n) is 21.1. The molecule has 3 N–H and O–H groups in total. The van der Waals surface area contributed by atoms with Crippen molar-refractivity contribution in [2.45, 2.75) is 49.8 Å². The molecule has 11 nitrogen and oxygen atoms in total. The second-order valence-corrected chi connectivity index (χ2v) is 9.03. The molecular formula is C23H27F6N5O6. The Morgan fingerprint density at radius 3 is 2.25 bits per heavy atom. The number of halogens is 6. The van der Waals surface area contributed by atoms with E-state index in [-0.39, 0.29) is 17.6 Å². The first-order chi connectivity index (χ1) is 18.5. The quantitative estimate of drug-likeness (QED) is 0.463. The molecule has 222 valence electrons. The third-order valence-corrected chi connectivity index (χ3v) is 5.80. The number of carbonyl (C=O) groups excluding carboxylic acids is 1. The zero-order valence-corrected chi connectivity index (χ0v) is 21.1. The molecule has 2 atom stereocenters. The van der Waals surface area contributed by atoms with Crippen LogP contribution in [0.2, 0.25) is 0 Å². The number of rotatable bonds is 4. The fourth-order valence-electron chi connectivity index (χ4n) is 4.05. The highest BCUT2D eigenvalue weighted by Gasteiger charge is 2.43. The number of hydrogen-bond acceptors (Lipinski definition) is 7. The lowest BCUT2D eigenvalue weighted by atomic mass is 9.89. The maximum atomic E-state index is 12.4. The van der Waals surface area contributed by atoms with Gasteiger partial charge in [0.05, 0.1) is 17.4 Å². The Kier molecular flexibility index (Phi) is 11.0. The fraction of sp³-hybridized carbons (Fsp3) is 0.522. The molecule has 0 saturated carbocycles. The van der Waals surface area contributed by atoms with E-state index >= 15 is 0 Å². The van der Waals surface area contributed by atoms with Crippen molar-refractivity contribution >= 4 is 17.8 Å². The van der Waals surface area contributed by atoms with Gasteiger partial charge in [-0.2, -0.15) is 31.4 Å². The van der Waals surface area contributed by atoms with Gasteiger partial charge in [-0.1, -0.05) is 6.07 Å². The Bertz CT molecular complexity index is 1120. The first kappa shape index (κ1) is 32.5. The number of carboxylic acids is 2. The first-order valence-corrected chi connectivity index (χ1v) is 11.7. The standard InChI is InChI=1S/C19H25N5O2.2C2HF3O2/c1-23-13-16(11-21-23)18(25)22-17-4-8-26-19(9-17)5-7-24(14-19)12-15-3-2-6-20-10-15;2*3-2(4,5)1(6)7/h2-3,6,10-11,13,17H,4-5,7-9,12,14H2,1H3,(H,22,25);2*(H,6,7)/t17-,19-;;/m1../s1. The average molecular weight is 583 g/mol. The van der Waals surface area contributed by atoms with Crippen LogP contribution in [0, 0.1) is 0 Å². The van der Waals surface area contributed by atoms with Crippen LogP contribution in [0.25, 0.3) is 0 Å². The molecule has 0 unspecified atom stereocenters. The summed E-state index contributed by atoms with van der Waals surface area (Å²) in [5.41, 5.74) is 1.69. The summed E-state index contributed by atoms with van der Waals surface area (Å²) in [6, 6.07) is 4.23. The van der Waals surface area contributed by atoms with Gasteiger partial charge in [-0.15, -0.1) is 0 Å². The van der Waals surface area contributed by atoms with Crippen molar-refractivity contribution < 1.29 is 55.7 Å². The van der Waals surface area contributed by atoms with Gasteiger partial charge in [0.2, 0.25) is 0 Å². The van der Waals surface area contributed by atoms with Crippen molar-refractivity contribution in [3.8, 4) is 0 Å². The number of aliphatic carboxylic acids is 2. The number of hydrogen-bond donors (Lipinski definition) is 3. The van der Waals surface area contributed by atoms with Crippen molar-refractivity contribution in [1.82, 2.24) is 25.0 Å². The molecule has 1 amide bonds. The molecule has 4 rings (SSSR count). The van der Waals surface area contributed by atoms with Gasteiger partial charge in [-0.05, 0) is 30.9 Å². The van der Waals surface area contributed by atoms with E-state index in [1.54, 1.807) is 23.3 Å². The summed E-state index contributed by atoms with van der Waals surface area (Å²) >= 11 is 0. The number of aryl methyl sites for hydroxylation is 1. The van der Waals surface area contributed by atoms with Gasteiger partial charge in [0.1, 0.15) is 0 Å². The highest BCUT2D eigenvalue weighted by molar-refractivity contribution is 5.93. The maximum Gasteiger partial charge on any atom is 0.490 e. The Balaban J connectivity index is 0.000000333. The summed E-state index contributed by atoms with van der Waals surface area (Å²) in [5, 5.41) is 21.5. The van der Waals surface area contributed by atoms with Gasteiger partial charge in [0.25, 0.3) is 5.91 Å². The molecule has 0 aliphatic carbocycles. The van der Waals surface area contributed by atoms with Crippen LogP contribution in [0.5, 0.6) is 0 Å². The third kappa shape index (κ3) is 10.4. The lowest BCUT2D eigenvalue weighted by molar-refractivity contribution is -0.193. The van der Waals surface area contributed by atoms with Gasteiger partial charge >= 0.3 is 24.3 Å². The second kappa shape index (κ2) is 13.6. The van der Waals surface area contributed by atoms with Gasteiger partial charge in [0, 0.05) is 57.9 Å². The summed E-state index contributed by atoms with van der Waals surface area (Å²) in [6.07, 6.45) is -0.366. The molecule has 40 heavy (non-hydrogen) atoms. The molecule has 2 fully saturated rings. The number of pyridine rings is 1. The maximum absolute atomic E-state index is 12.4. The minimum atomic E-state index is -5.08. The molecular weight excluding hydrogens is 556 g/mol. The van der Waals surface area contributed by atoms with Crippen LogP contribution in [0.15, 0.2) is 36.9 Å². The predicted octanol–water partition coefficient (Wildman–Crippen LogP) is 2.64. The first-order valence-electron chi connectivity index (χ1n) is 11.7. The van der Waals surface area contributed by atoms with Crippen LogP contribution < -0.4 is 5.32 Å². The number of nitrogens with zero attached hydrogens (tertiary/aromatic N) is 4. The number of carbonyl (C=O) groups is 3. The second-order valence-electron chi connectivity index (χ2n) is 9.03. The summed E-state index contributed by atoms with van der Waals surface area (Å²) in [5.74, 6) is -5.56. The fourth-order valence-corrected chi connectivity index (χ4v) is 4.05. The van der Waals surface area contributed by atoms with Crippen LogP contribution in [0.1, 0.15) is 35.2 Å². The number of carboxylic acid groups (broad SMARTS) is 2. The van der Waals surface area contributed by atoms with E-state index in [2.05, 4.69) is 26.4 Å². The van der Waals surface area contributed by atoms with Gasteiger partial charge < -0.3 is 20.3 Å². The Morgan fingerprint density at radius 1 is 1.12 bits per heavy atom. The van der Waals surface area contributed by atoms with Crippen LogP contribution in [-0.2, 0) is 27.9 Å². The molecule has 0 bridgehead atoms. The molecule has 2 aliphatic heterocycles. The molecule has 2 saturated heterocycles. The number of ether oxygens (including phenoxy) is 1. The van der Waals surface area contributed by atoms with Crippen LogP contribution in [0.4, 0.5) is 26.3 Å². The Hall–Kier alpha value is -3.73. The molecule has 2 aliphatic rings. The monoisotopic (exact) mass is 583 g/mol. The number of alkyl halides is 6. The van der Waals surface area contributed by atoms with E-state index < -0.39 is 24.3 Å². The SMILES string of the molecule is Cn1cc(C(=O)N[C@@H]2CCO[C@]3(CCN(Cc4cccnc4)C3)C2)cn1.O=C(O)C(F)(F)F.O=C(O)C(F)(F)F. The minimum absolute atomic E-state index is 0.0506. The van der Waals surface area contributed by atoms with E-state index in [1.165, 1.54) is 5.56 Å². The van der Waals surface area contributed by atoms with Crippen LogP contribution in [0.3, 0.4) is 0 Å². The predicted molar refractivity (Wildman–Crippen MR) is 124 cm³/mol. The Labute approximate surface area is 223 Å². The average Bonchev–Trinajstić information content (AvgIpc) is 3.45. The lowest BCUT2D eigenvalue weighted by Crippen LogP contribution is -2.49. The molecule has 1 spiro atoms. The third-order valence-electron chi connectivity index (χ3n) is 5.80. The summed E-state index contributed by atoms with van der Waals surface area (Å²) < 4.78 is 71.3. The Morgan fingerprint density at radius 2 is 1.75 bits per heavy atom. The highest BCUT2D eigenvalue weighted by Crippen LogP contribution is 2.35. The smallest absolute Gasteiger partial charge is 0.475 e. The number of nitrogens with one attached hydrogen (secondary N) is 1. The topological polar surface area (TPSA) is 147 Å². The van der Waals surface area contributed by atoms with Crippen molar-refractivity contribution in [3.63, 3.8) is 0 Å². The molecule has 2 aromatic rings.